The highest BCUT2D eigenvalue weighted by Crippen LogP contribution is 2.32. The van der Waals surface area contributed by atoms with Crippen molar-refractivity contribution in [1.29, 1.82) is 0 Å². The molecule has 0 fully saturated rings. The molecule has 0 aliphatic heterocycles. The van der Waals surface area contributed by atoms with Crippen LogP contribution < -0.4 is 21.7 Å². The second-order valence-electron chi connectivity index (χ2n) is 5.57. The molecule has 1 aromatic heterocycles. The fourth-order valence-electron chi connectivity index (χ4n) is 2.18. The summed E-state index contributed by atoms with van der Waals surface area (Å²) >= 11 is 0. The lowest BCUT2D eigenvalue weighted by Gasteiger charge is -2.15. The maximum Gasteiger partial charge on any atom is 0.269 e. The number of carbonyl (C=O) groups is 1. The molecule has 2 aromatic rings. The van der Waals surface area contributed by atoms with Gasteiger partial charge in [-0.05, 0) is 25.0 Å². The number of aromatic nitrogens is 2. The van der Waals surface area contributed by atoms with Crippen molar-refractivity contribution in [3.8, 4) is 17.0 Å². The molecule has 23 heavy (non-hydrogen) atoms. The third-order valence-electron chi connectivity index (χ3n) is 3.18. The Morgan fingerprint density at radius 3 is 2.65 bits per heavy atom. The van der Waals surface area contributed by atoms with Gasteiger partial charge in [-0.2, -0.15) is 0 Å². The average molecular weight is 315 g/mol. The van der Waals surface area contributed by atoms with Crippen LogP contribution in [-0.2, 0) is 0 Å². The Morgan fingerprint density at radius 2 is 2.00 bits per heavy atom. The van der Waals surface area contributed by atoms with Gasteiger partial charge in [0.05, 0.1) is 23.6 Å². The summed E-state index contributed by atoms with van der Waals surface area (Å²) in [5.41, 5.74) is 9.68. The molecule has 1 heterocycles. The summed E-state index contributed by atoms with van der Waals surface area (Å²) < 4.78 is 5.84. The van der Waals surface area contributed by atoms with E-state index in [1.165, 1.54) is 0 Å². The molecule has 1 aromatic carbocycles. The van der Waals surface area contributed by atoms with Gasteiger partial charge in [0.1, 0.15) is 5.75 Å². The van der Waals surface area contributed by atoms with Gasteiger partial charge in [-0.15, -0.1) is 0 Å². The van der Waals surface area contributed by atoms with E-state index in [0.717, 1.165) is 0 Å². The number of hydrogen-bond acceptors (Lipinski definition) is 6. The largest absolute Gasteiger partial charge is 0.493 e. The Hall–Kier alpha value is -2.67. The van der Waals surface area contributed by atoms with Crippen LogP contribution in [-0.4, -0.2) is 22.5 Å². The standard InChI is InChI=1S/C16H21N5O2/c1-9(2)8-23-12-7-5-4-6-11(12)14-13(15(22)21-18)10(3)19-16(17)20-14/h4-7,9H,8,18H2,1-3H3,(H,21,22)(H2,17,19,20). The predicted molar refractivity (Wildman–Crippen MR) is 88.6 cm³/mol. The predicted octanol–water partition coefficient (Wildman–Crippen LogP) is 1.67. The molecular formula is C16H21N5O2. The number of hydrazine groups is 1. The molecule has 1 amide bonds. The summed E-state index contributed by atoms with van der Waals surface area (Å²) in [6, 6.07) is 7.36. The van der Waals surface area contributed by atoms with Crippen LogP contribution in [0.3, 0.4) is 0 Å². The van der Waals surface area contributed by atoms with E-state index < -0.39 is 5.91 Å². The Bertz CT molecular complexity index is 716. The summed E-state index contributed by atoms with van der Waals surface area (Å²) in [7, 11) is 0. The first-order valence-electron chi connectivity index (χ1n) is 7.31. The van der Waals surface area contributed by atoms with Crippen LogP contribution in [0, 0.1) is 12.8 Å². The number of para-hydroxylation sites is 1. The highest BCUT2D eigenvalue weighted by molar-refractivity contribution is 6.01. The van der Waals surface area contributed by atoms with Gasteiger partial charge in [-0.25, -0.2) is 15.8 Å². The van der Waals surface area contributed by atoms with Crippen LogP contribution in [0.1, 0.15) is 29.9 Å². The van der Waals surface area contributed by atoms with E-state index in [1.54, 1.807) is 6.92 Å². The van der Waals surface area contributed by atoms with Crippen LogP contribution in [0.15, 0.2) is 24.3 Å². The van der Waals surface area contributed by atoms with Gasteiger partial charge >= 0.3 is 0 Å². The maximum absolute atomic E-state index is 12.1. The molecule has 7 nitrogen and oxygen atoms in total. The number of nitrogens with one attached hydrogen (secondary N) is 1. The second-order valence-corrected chi connectivity index (χ2v) is 5.57. The molecule has 0 aliphatic carbocycles. The van der Waals surface area contributed by atoms with Gasteiger partial charge in [0.2, 0.25) is 5.95 Å². The van der Waals surface area contributed by atoms with Crippen LogP contribution >= 0.6 is 0 Å². The summed E-state index contributed by atoms with van der Waals surface area (Å²) in [5.74, 6) is 5.89. The van der Waals surface area contributed by atoms with Gasteiger partial charge in [0.15, 0.2) is 0 Å². The van der Waals surface area contributed by atoms with Gasteiger partial charge in [0.25, 0.3) is 5.91 Å². The number of nitrogen functional groups attached to an aromatic ring is 2. The van der Waals surface area contributed by atoms with Crippen molar-refractivity contribution in [1.82, 2.24) is 15.4 Å². The van der Waals surface area contributed by atoms with Crippen molar-refractivity contribution in [2.45, 2.75) is 20.8 Å². The van der Waals surface area contributed by atoms with E-state index in [-0.39, 0.29) is 11.5 Å². The van der Waals surface area contributed by atoms with Gasteiger partial charge in [0, 0.05) is 5.56 Å². The minimum Gasteiger partial charge on any atom is -0.493 e. The van der Waals surface area contributed by atoms with Crippen LogP contribution in [0.2, 0.25) is 0 Å². The molecule has 0 spiro atoms. The van der Waals surface area contributed by atoms with E-state index in [0.29, 0.717) is 35.2 Å². The first kappa shape index (κ1) is 16.7. The van der Waals surface area contributed by atoms with Crippen molar-refractivity contribution in [2.24, 2.45) is 11.8 Å². The molecule has 0 aliphatic rings. The molecule has 0 saturated heterocycles. The molecule has 0 bridgehead atoms. The Labute approximate surface area is 135 Å². The topological polar surface area (TPSA) is 116 Å². The summed E-state index contributed by atoms with van der Waals surface area (Å²) in [4.78, 5) is 20.4. The number of amides is 1. The molecule has 0 unspecified atom stereocenters. The van der Waals surface area contributed by atoms with Crippen molar-refractivity contribution in [3.05, 3.63) is 35.5 Å². The highest BCUT2D eigenvalue weighted by atomic mass is 16.5. The van der Waals surface area contributed by atoms with Crippen molar-refractivity contribution < 1.29 is 9.53 Å². The molecule has 2 rings (SSSR count). The number of rotatable bonds is 5. The normalized spacial score (nSPS) is 10.7. The number of aryl methyl sites for hydroxylation is 1. The third-order valence-corrected chi connectivity index (χ3v) is 3.18. The number of hydrogen-bond donors (Lipinski definition) is 3. The zero-order valence-electron chi connectivity index (χ0n) is 13.5. The van der Waals surface area contributed by atoms with E-state index in [4.69, 9.17) is 16.3 Å². The van der Waals surface area contributed by atoms with E-state index in [9.17, 15) is 4.79 Å². The quantitative estimate of drug-likeness (QED) is 0.439. The molecule has 5 N–H and O–H groups in total. The fourth-order valence-corrected chi connectivity index (χ4v) is 2.18. The molecule has 7 heteroatoms. The molecule has 0 radical (unpaired) electrons. The molecule has 122 valence electrons. The Balaban J connectivity index is 2.60. The highest BCUT2D eigenvalue weighted by Gasteiger charge is 2.21. The number of carbonyl (C=O) groups excluding carboxylic acids is 1. The average Bonchev–Trinajstić information content (AvgIpc) is 2.51. The Morgan fingerprint density at radius 1 is 1.30 bits per heavy atom. The summed E-state index contributed by atoms with van der Waals surface area (Å²) in [6.45, 7) is 6.35. The summed E-state index contributed by atoms with van der Waals surface area (Å²) in [6.07, 6.45) is 0. The van der Waals surface area contributed by atoms with E-state index in [1.807, 2.05) is 24.3 Å². The first-order chi connectivity index (χ1) is 10.9. The lowest BCUT2D eigenvalue weighted by molar-refractivity contribution is 0.0953. The van der Waals surface area contributed by atoms with Crippen molar-refractivity contribution >= 4 is 11.9 Å². The number of nitrogens with two attached hydrogens (primary N) is 2. The van der Waals surface area contributed by atoms with Gasteiger partial charge < -0.3 is 10.5 Å². The number of benzene rings is 1. The van der Waals surface area contributed by atoms with Crippen molar-refractivity contribution in [2.75, 3.05) is 12.3 Å². The fraction of sp³-hybridized carbons (Fsp3) is 0.312. The monoisotopic (exact) mass is 315 g/mol. The first-order valence-corrected chi connectivity index (χ1v) is 7.31. The van der Waals surface area contributed by atoms with Crippen LogP contribution in [0.5, 0.6) is 5.75 Å². The second kappa shape index (κ2) is 7.06. The Kier molecular flexibility index (Phi) is 5.13. The third kappa shape index (κ3) is 3.75. The number of anilines is 1. The van der Waals surface area contributed by atoms with Crippen LogP contribution in [0.4, 0.5) is 5.95 Å². The van der Waals surface area contributed by atoms with Crippen molar-refractivity contribution in [3.63, 3.8) is 0 Å². The summed E-state index contributed by atoms with van der Waals surface area (Å²) in [5, 5.41) is 0. The van der Waals surface area contributed by atoms with Gasteiger partial charge in [-0.1, -0.05) is 26.0 Å². The SMILES string of the molecule is Cc1nc(N)nc(-c2ccccc2OCC(C)C)c1C(=O)NN. The molecular weight excluding hydrogens is 294 g/mol. The van der Waals surface area contributed by atoms with E-state index >= 15 is 0 Å². The van der Waals surface area contributed by atoms with E-state index in [2.05, 4.69) is 29.2 Å². The number of nitrogens with zero attached hydrogens (tertiary/aromatic N) is 2. The zero-order valence-corrected chi connectivity index (χ0v) is 13.5. The lowest BCUT2D eigenvalue weighted by Crippen LogP contribution is -2.31. The van der Waals surface area contributed by atoms with Crippen LogP contribution in [0.25, 0.3) is 11.3 Å². The minimum atomic E-state index is -0.476. The van der Waals surface area contributed by atoms with Gasteiger partial charge in [-0.3, -0.25) is 10.2 Å². The number of ether oxygens (including phenoxy) is 1. The molecule has 0 saturated carbocycles. The smallest absolute Gasteiger partial charge is 0.269 e. The maximum atomic E-state index is 12.1. The lowest BCUT2D eigenvalue weighted by atomic mass is 10.0. The zero-order chi connectivity index (χ0) is 17.0. The molecule has 0 atom stereocenters. The minimum absolute atomic E-state index is 0.0877.